The lowest BCUT2D eigenvalue weighted by molar-refractivity contribution is -0.136. The fourth-order valence-electron chi connectivity index (χ4n) is 2.10. The van der Waals surface area contributed by atoms with E-state index in [4.69, 9.17) is 16.7 Å². The number of halogens is 2. The highest BCUT2D eigenvalue weighted by molar-refractivity contribution is 6.30. The number of hydrogen-bond acceptors (Lipinski definition) is 3. The minimum absolute atomic E-state index is 0.116. The van der Waals surface area contributed by atoms with Crippen LogP contribution in [0.25, 0.3) is 0 Å². The predicted molar refractivity (Wildman–Crippen MR) is 90.5 cm³/mol. The zero-order valence-corrected chi connectivity index (χ0v) is 13.8. The third kappa shape index (κ3) is 5.61. The Kier molecular flexibility index (Phi) is 6.14. The van der Waals surface area contributed by atoms with E-state index in [0.717, 1.165) is 5.56 Å². The third-order valence-electron chi connectivity index (χ3n) is 3.36. The van der Waals surface area contributed by atoms with Gasteiger partial charge in [0.25, 0.3) is 5.91 Å². The molecule has 2 aromatic rings. The molecule has 0 aliphatic carbocycles. The van der Waals surface area contributed by atoms with Crippen molar-refractivity contribution in [2.45, 2.75) is 13.1 Å². The van der Waals surface area contributed by atoms with Gasteiger partial charge in [-0.05, 0) is 35.4 Å². The lowest BCUT2D eigenvalue weighted by Crippen LogP contribution is -2.29. The van der Waals surface area contributed by atoms with Crippen LogP contribution in [0.1, 0.15) is 11.1 Å². The van der Waals surface area contributed by atoms with Crippen LogP contribution in [-0.2, 0) is 22.7 Å². The average Bonchev–Trinajstić information content (AvgIpc) is 2.58. The molecule has 2 rings (SSSR count). The largest absolute Gasteiger partial charge is 0.502 e. The number of carboxylic acids is 1. The summed E-state index contributed by atoms with van der Waals surface area (Å²) in [7, 11) is 0. The van der Waals surface area contributed by atoms with Crippen molar-refractivity contribution in [3.8, 4) is 0 Å². The second kappa shape index (κ2) is 8.30. The van der Waals surface area contributed by atoms with Gasteiger partial charge in [0, 0.05) is 18.1 Å². The van der Waals surface area contributed by atoms with E-state index in [9.17, 15) is 19.1 Å². The Morgan fingerprint density at radius 1 is 0.960 bits per heavy atom. The minimum Gasteiger partial charge on any atom is -0.502 e. The van der Waals surface area contributed by atoms with Gasteiger partial charge in [-0.1, -0.05) is 35.9 Å². The molecule has 1 amide bonds. The molecule has 2 N–H and O–H groups in total. The molecule has 0 aliphatic heterocycles. The van der Waals surface area contributed by atoms with Crippen LogP contribution >= 0.6 is 11.6 Å². The Morgan fingerprint density at radius 3 is 1.92 bits per heavy atom. The Balaban J connectivity index is 2.24. The summed E-state index contributed by atoms with van der Waals surface area (Å²) in [6.07, 6.45) is 0.641. The molecule has 0 saturated carbocycles. The number of benzene rings is 2. The standard InChI is InChI=1S/C18H15ClFNO4/c19-14-5-1-12(2-6-14)10-21(17(23)9-16(22)18(24)25)11-13-3-7-15(20)8-4-13/h1-9,22H,10-11H2,(H,24,25)/b16-9-. The molecule has 0 spiro atoms. The van der Waals surface area contributed by atoms with Gasteiger partial charge in [-0.3, -0.25) is 4.79 Å². The molecule has 0 atom stereocenters. The highest BCUT2D eigenvalue weighted by atomic mass is 35.5. The average molecular weight is 364 g/mol. The van der Waals surface area contributed by atoms with Crippen molar-refractivity contribution in [2.24, 2.45) is 0 Å². The van der Waals surface area contributed by atoms with Crippen molar-refractivity contribution in [3.63, 3.8) is 0 Å². The van der Waals surface area contributed by atoms with Gasteiger partial charge < -0.3 is 15.1 Å². The van der Waals surface area contributed by atoms with E-state index in [0.29, 0.717) is 16.7 Å². The lowest BCUT2D eigenvalue weighted by Gasteiger charge is -2.22. The summed E-state index contributed by atoms with van der Waals surface area (Å²) in [6, 6.07) is 12.4. The number of amides is 1. The summed E-state index contributed by atoms with van der Waals surface area (Å²) >= 11 is 5.84. The highest BCUT2D eigenvalue weighted by Gasteiger charge is 2.16. The summed E-state index contributed by atoms with van der Waals surface area (Å²) in [4.78, 5) is 24.4. The van der Waals surface area contributed by atoms with Gasteiger partial charge in [-0.25, -0.2) is 9.18 Å². The van der Waals surface area contributed by atoms with Crippen molar-refractivity contribution in [3.05, 3.63) is 82.3 Å². The van der Waals surface area contributed by atoms with Crippen molar-refractivity contribution in [2.75, 3.05) is 0 Å². The number of rotatable bonds is 6. The van der Waals surface area contributed by atoms with E-state index in [1.807, 2.05) is 0 Å². The lowest BCUT2D eigenvalue weighted by atomic mass is 10.1. The Morgan fingerprint density at radius 2 is 1.44 bits per heavy atom. The maximum Gasteiger partial charge on any atom is 0.371 e. The van der Waals surface area contributed by atoms with Crippen LogP contribution in [0.2, 0.25) is 5.02 Å². The molecular formula is C18H15ClFNO4. The predicted octanol–water partition coefficient (Wildman–Crippen LogP) is 3.53. The van der Waals surface area contributed by atoms with Gasteiger partial charge in [0.15, 0.2) is 0 Å². The summed E-state index contributed by atoms with van der Waals surface area (Å²) in [6.45, 7) is 0.280. The van der Waals surface area contributed by atoms with Crippen LogP contribution in [0.3, 0.4) is 0 Å². The van der Waals surface area contributed by atoms with Crippen LogP contribution < -0.4 is 0 Å². The zero-order chi connectivity index (χ0) is 18.4. The second-order valence-electron chi connectivity index (χ2n) is 5.28. The number of carbonyl (C=O) groups is 2. The van der Waals surface area contributed by atoms with Crippen LogP contribution in [0, 0.1) is 5.82 Å². The molecule has 0 unspecified atom stereocenters. The molecule has 0 heterocycles. The van der Waals surface area contributed by atoms with Gasteiger partial charge >= 0.3 is 5.97 Å². The van der Waals surface area contributed by atoms with Gasteiger partial charge in [-0.15, -0.1) is 0 Å². The summed E-state index contributed by atoms with van der Waals surface area (Å²) in [5, 5.41) is 18.6. The molecule has 0 fully saturated rings. The molecular weight excluding hydrogens is 349 g/mol. The molecule has 5 nitrogen and oxygen atoms in total. The van der Waals surface area contributed by atoms with Crippen molar-refractivity contribution < 1.29 is 24.2 Å². The van der Waals surface area contributed by atoms with Crippen molar-refractivity contribution >= 4 is 23.5 Å². The number of aliphatic carboxylic acids is 1. The number of aliphatic hydroxyl groups is 1. The first kappa shape index (κ1) is 18.5. The van der Waals surface area contributed by atoms with E-state index in [1.165, 1.54) is 29.2 Å². The SMILES string of the molecule is O=C(O)/C(O)=C/C(=O)N(Cc1ccc(F)cc1)Cc1ccc(Cl)cc1. The van der Waals surface area contributed by atoms with Gasteiger partial charge in [-0.2, -0.15) is 0 Å². The van der Waals surface area contributed by atoms with Crippen LogP contribution in [0.15, 0.2) is 60.4 Å². The molecule has 0 radical (unpaired) electrons. The molecule has 25 heavy (non-hydrogen) atoms. The molecule has 0 bridgehead atoms. The molecule has 130 valence electrons. The summed E-state index contributed by atoms with van der Waals surface area (Å²) < 4.78 is 13.0. The van der Waals surface area contributed by atoms with E-state index < -0.39 is 23.5 Å². The van der Waals surface area contributed by atoms with E-state index in [-0.39, 0.29) is 13.1 Å². The molecule has 7 heteroatoms. The quantitative estimate of drug-likeness (QED) is 0.608. The van der Waals surface area contributed by atoms with Crippen molar-refractivity contribution in [1.29, 1.82) is 0 Å². The smallest absolute Gasteiger partial charge is 0.371 e. The van der Waals surface area contributed by atoms with Crippen LogP contribution in [0.5, 0.6) is 0 Å². The van der Waals surface area contributed by atoms with E-state index in [1.54, 1.807) is 24.3 Å². The third-order valence-corrected chi connectivity index (χ3v) is 3.62. The van der Waals surface area contributed by atoms with Crippen LogP contribution in [-0.4, -0.2) is 27.0 Å². The van der Waals surface area contributed by atoms with Gasteiger partial charge in [0.2, 0.25) is 5.76 Å². The van der Waals surface area contributed by atoms with Crippen LogP contribution in [0.4, 0.5) is 4.39 Å². The fraction of sp³-hybridized carbons (Fsp3) is 0.111. The fourth-order valence-corrected chi connectivity index (χ4v) is 2.23. The number of carbonyl (C=O) groups excluding carboxylic acids is 1. The van der Waals surface area contributed by atoms with Gasteiger partial charge in [0.05, 0.1) is 6.08 Å². The first-order chi connectivity index (χ1) is 11.8. The van der Waals surface area contributed by atoms with Gasteiger partial charge in [0.1, 0.15) is 5.82 Å². The molecule has 0 saturated heterocycles. The molecule has 0 aliphatic rings. The Hall–Kier alpha value is -2.86. The Labute approximate surface area is 148 Å². The number of aliphatic hydroxyl groups excluding tert-OH is 1. The Bertz CT molecular complexity index is 740. The number of carboxylic acid groups (broad SMARTS) is 1. The molecule has 0 aromatic heterocycles. The molecule has 2 aromatic carbocycles. The topological polar surface area (TPSA) is 77.8 Å². The van der Waals surface area contributed by atoms with E-state index in [2.05, 4.69) is 0 Å². The second-order valence-corrected chi connectivity index (χ2v) is 5.72. The zero-order valence-electron chi connectivity index (χ0n) is 13.0. The summed E-state index contributed by atoms with van der Waals surface area (Å²) in [5.74, 6) is -3.73. The highest BCUT2D eigenvalue weighted by Crippen LogP contribution is 2.15. The van der Waals surface area contributed by atoms with Crippen molar-refractivity contribution in [1.82, 2.24) is 4.90 Å². The first-order valence-corrected chi connectivity index (χ1v) is 7.64. The maximum atomic E-state index is 13.0. The monoisotopic (exact) mass is 363 g/mol. The normalized spacial score (nSPS) is 11.2. The summed E-state index contributed by atoms with van der Waals surface area (Å²) in [5.41, 5.74) is 1.43. The minimum atomic E-state index is -1.60. The first-order valence-electron chi connectivity index (χ1n) is 7.27. The number of nitrogens with zero attached hydrogens (tertiary/aromatic N) is 1. The number of hydrogen-bond donors (Lipinski definition) is 2. The maximum absolute atomic E-state index is 13.0. The van der Waals surface area contributed by atoms with E-state index >= 15 is 0 Å².